The summed E-state index contributed by atoms with van der Waals surface area (Å²) in [5, 5.41) is 0. The Labute approximate surface area is 381 Å². The van der Waals surface area contributed by atoms with Crippen molar-refractivity contribution in [3.8, 4) is 0 Å². The summed E-state index contributed by atoms with van der Waals surface area (Å²) in [4.78, 5) is 37.9. The van der Waals surface area contributed by atoms with Gasteiger partial charge in [0.25, 0.3) is 0 Å². The van der Waals surface area contributed by atoms with Crippen LogP contribution in [-0.4, -0.2) is 37.2 Å². The van der Waals surface area contributed by atoms with E-state index in [1.54, 1.807) is 0 Å². The number of rotatable bonds is 44. The molecule has 1 atom stereocenters. The molecule has 0 bridgehead atoms. The lowest BCUT2D eigenvalue weighted by Crippen LogP contribution is -2.30. The highest BCUT2D eigenvalue weighted by Crippen LogP contribution is 2.15. The zero-order valence-electron chi connectivity index (χ0n) is 40.1. The predicted octanol–water partition coefficient (Wildman–Crippen LogP) is 16.6. The number of esters is 3. The first-order chi connectivity index (χ1) is 30.5. The van der Waals surface area contributed by atoms with Crippen LogP contribution in [0.5, 0.6) is 0 Å². The normalized spacial score (nSPS) is 12.9. The van der Waals surface area contributed by atoms with Crippen molar-refractivity contribution in [3.63, 3.8) is 0 Å². The lowest BCUT2D eigenvalue weighted by Gasteiger charge is -2.18. The molecule has 0 radical (unpaired) electrons. The van der Waals surface area contributed by atoms with Crippen molar-refractivity contribution in [3.05, 3.63) is 97.2 Å². The fourth-order valence-electron chi connectivity index (χ4n) is 6.72. The molecule has 0 spiro atoms. The second-order valence-corrected chi connectivity index (χ2v) is 16.4. The van der Waals surface area contributed by atoms with Crippen LogP contribution in [0, 0.1) is 0 Å². The summed E-state index contributed by atoms with van der Waals surface area (Å²) in [7, 11) is 0. The standard InChI is InChI=1S/C56H92O6/c1-4-7-10-13-16-19-22-25-26-27-28-29-30-32-34-37-40-43-46-49-55(58)61-52-53(51-60-54(57)48-45-42-39-36-33-24-21-18-15-12-9-6-3)62-56(59)50-47-44-41-38-35-31-23-20-17-14-11-8-5-2/h8-9,11-12,14,17-18,20-21,23,31,33,35-36,38,41,53H,4-7,10,13,15-16,19,22,24-30,32,34,37,39-40,42-52H2,1-3H3/b11-8-,12-9-,17-14-,21-18-,23-20-,35-31-,36-33-,41-38-. The monoisotopic (exact) mass is 861 g/mol. The maximum Gasteiger partial charge on any atom is 0.306 e. The topological polar surface area (TPSA) is 78.9 Å². The molecule has 0 amide bonds. The van der Waals surface area contributed by atoms with Crippen LogP contribution in [0.2, 0.25) is 0 Å². The molecule has 6 nitrogen and oxygen atoms in total. The van der Waals surface area contributed by atoms with Gasteiger partial charge in [0.2, 0.25) is 0 Å². The van der Waals surface area contributed by atoms with Crippen LogP contribution >= 0.6 is 0 Å². The zero-order valence-corrected chi connectivity index (χ0v) is 40.1. The number of hydrogen-bond donors (Lipinski definition) is 0. The van der Waals surface area contributed by atoms with E-state index in [9.17, 15) is 14.4 Å². The molecule has 0 aliphatic heterocycles. The number of allylic oxidation sites excluding steroid dienone is 16. The molecule has 0 heterocycles. The van der Waals surface area contributed by atoms with Crippen molar-refractivity contribution >= 4 is 17.9 Å². The lowest BCUT2D eigenvalue weighted by atomic mass is 10.0. The van der Waals surface area contributed by atoms with Gasteiger partial charge in [-0.05, 0) is 64.2 Å². The minimum Gasteiger partial charge on any atom is -0.462 e. The molecular weight excluding hydrogens is 769 g/mol. The highest BCUT2D eigenvalue weighted by Gasteiger charge is 2.19. The Morgan fingerprint density at radius 3 is 1.21 bits per heavy atom. The molecule has 0 saturated carbocycles. The molecular formula is C56H92O6. The van der Waals surface area contributed by atoms with E-state index in [0.29, 0.717) is 25.7 Å². The van der Waals surface area contributed by atoms with E-state index >= 15 is 0 Å². The van der Waals surface area contributed by atoms with Crippen molar-refractivity contribution < 1.29 is 28.6 Å². The largest absolute Gasteiger partial charge is 0.462 e. The minimum atomic E-state index is -0.828. The van der Waals surface area contributed by atoms with Gasteiger partial charge < -0.3 is 14.2 Å². The van der Waals surface area contributed by atoms with E-state index in [1.165, 1.54) is 103 Å². The molecule has 0 aromatic heterocycles. The van der Waals surface area contributed by atoms with Crippen LogP contribution in [0.1, 0.15) is 220 Å². The lowest BCUT2D eigenvalue weighted by molar-refractivity contribution is -0.167. The number of hydrogen-bond acceptors (Lipinski definition) is 6. The van der Waals surface area contributed by atoms with Gasteiger partial charge in [-0.25, -0.2) is 0 Å². The van der Waals surface area contributed by atoms with Gasteiger partial charge in [0.05, 0.1) is 0 Å². The van der Waals surface area contributed by atoms with Crippen molar-refractivity contribution in [2.24, 2.45) is 0 Å². The van der Waals surface area contributed by atoms with Gasteiger partial charge >= 0.3 is 17.9 Å². The van der Waals surface area contributed by atoms with Crippen LogP contribution in [0.4, 0.5) is 0 Å². The molecule has 352 valence electrons. The summed E-state index contributed by atoms with van der Waals surface area (Å²) in [5.41, 5.74) is 0. The van der Waals surface area contributed by atoms with Crippen LogP contribution < -0.4 is 0 Å². The van der Waals surface area contributed by atoms with E-state index in [1.807, 2.05) is 54.7 Å². The molecule has 0 aromatic rings. The van der Waals surface area contributed by atoms with Gasteiger partial charge in [0.15, 0.2) is 6.10 Å². The SMILES string of the molecule is CC\C=C/C=C\C=C/C=C\C=C/CCCC(=O)OC(COC(=O)CCCC/C=C\C/C=C\C/C=C\CC)COC(=O)CCCCCCCCCCCCCCCCCCCCC. The first-order valence-electron chi connectivity index (χ1n) is 25.3. The molecule has 1 unspecified atom stereocenters. The third kappa shape index (κ3) is 47.4. The summed E-state index contributed by atoms with van der Waals surface area (Å²) in [5.74, 6) is -1.04. The Morgan fingerprint density at radius 1 is 0.355 bits per heavy atom. The van der Waals surface area contributed by atoms with Gasteiger partial charge in [0, 0.05) is 19.3 Å². The Morgan fingerprint density at radius 2 is 0.726 bits per heavy atom. The maximum atomic E-state index is 12.7. The van der Waals surface area contributed by atoms with E-state index in [2.05, 4.69) is 63.3 Å². The molecule has 0 aromatic carbocycles. The number of carbonyl (C=O) groups excluding carboxylic acids is 3. The molecule has 62 heavy (non-hydrogen) atoms. The highest BCUT2D eigenvalue weighted by molar-refractivity contribution is 5.71. The second-order valence-electron chi connectivity index (χ2n) is 16.4. The van der Waals surface area contributed by atoms with Crippen LogP contribution in [0.15, 0.2) is 97.2 Å². The summed E-state index contributed by atoms with van der Waals surface area (Å²) in [6.45, 7) is 6.28. The smallest absolute Gasteiger partial charge is 0.306 e. The van der Waals surface area contributed by atoms with E-state index in [0.717, 1.165) is 64.2 Å². The molecule has 0 rings (SSSR count). The molecule has 0 aliphatic rings. The molecule has 0 aliphatic carbocycles. The van der Waals surface area contributed by atoms with Crippen molar-refractivity contribution in [1.82, 2.24) is 0 Å². The zero-order chi connectivity index (χ0) is 45.1. The second kappa shape index (κ2) is 50.0. The van der Waals surface area contributed by atoms with E-state index < -0.39 is 12.1 Å². The Kier molecular flexibility index (Phi) is 47.0. The number of carbonyl (C=O) groups is 3. The molecule has 0 fully saturated rings. The van der Waals surface area contributed by atoms with E-state index in [-0.39, 0.29) is 31.6 Å². The van der Waals surface area contributed by atoms with Crippen LogP contribution in [0.3, 0.4) is 0 Å². The van der Waals surface area contributed by atoms with Crippen LogP contribution in [0.25, 0.3) is 0 Å². The van der Waals surface area contributed by atoms with E-state index in [4.69, 9.17) is 14.2 Å². The number of ether oxygens (including phenoxy) is 3. The van der Waals surface area contributed by atoms with Crippen LogP contribution in [-0.2, 0) is 28.6 Å². The summed E-state index contributed by atoms with van der Waals surface area (Å²) in [6, 6.07) is 0. The maximum absolute atomic E-state index is 12.7. The van der Waals surface area contributed by atoms with Gasteiger partial charge in [-0.15, -0.1) is 0 Å². The third-order valence-electron chi connectivity index (χ3n) is 10.5. The first-order valence-corrected chi connectivity index (χ1v) is 25.3. The quantitative estimate of drug-likeness (QED) is 0.0200. The highest BCUT2D eigenvalue weighted by atomic mass is 16.6. The fourth-order valence-corrected chi connectivity index (χ4v) is 6.72. The van der Waals surface area contributed by atoms with Gasteiger partial charge in [-0.3, -0.25) is 14.4 Å². The average Bonchev–Trinajstić information content (AvgIpc) is 3.27. The van der Waals surface area contributed by atoms with Crippen molar-refractivity contribution in [1.29, 1.82) is 0 Å². The Balaban J connectivity index is 4.44. The Bertz CT molecular complexity index is 1260. The third-order valence-corrected chi connectivity index (χ3v) is 10.5. The Hall–Kier alpha value is -3.67. The fraction of sp³-hybridized carbons (Fsp3) is 0.661. The predicted molar refractivity (Wildman–Crippen MR) is 265 cm³/mol. The van der Waals surface area contributed by atoms with Gasteiger partial charge in [-0.1, -0.05) is 234 Å². The van der Waals surface area contributed by atoms with Crippen molar-refractivity contribution in [2.45, 2.75) is 226 Å². The average molecular weight is 861 g/mol. The minimum absolute atomic E-state index is 0.118. The van der Waals surface area contributed by atoms with Gasteiger partial charge in [0.1, 0.15) is 13.2 Å². The summed E-state index contributed by atoms with van der Waals surface area (Å²) in [6.07, 6.45) is 65.6. The van der Waals surface area contributed by atoms with Gasteiger partial charge in [-0.2, -0.15) is 0 Å². The molecule has 0 N–H and O–H groups in total. The molecule has 0 saturated heterocycles. The molecule has 6 heteroatoms. The first kappa shape index (κ1) is 58.3. The summed E-state index contributed by atoms with van der Waals surface area (Å²) >= 11 is 0. The van der Waals surface area contributed by atoms with Crippen molar-refractivity contribution in [2.75, 3.05) is 13.2 Å². The number of unbranched alkanes of at least 4 members (excludes halogenated alkanes) is 21. The summed E-state index contributed by atoms with van der Waals surface area (Å²) < 4.78 is 16.7.